The third-order valence-corrected chi connectivity index (χ3v) is 4.06. The van der Waals surface area contributed by atoms with Crippen LogP contribution in [0.2, 0.25) is 0 Å². The van der Waals surface area contributed by atoms with Crippen LogP contribution in [0.4, 0.5) is 11.4 Å². The number of hydrogen-bond donors (Lipinski definition) is 0. The second-order valence-corrected chi connectivity index (χ2v) is 5.86. The normalized spacial score (nSPS) is 10.4. The number of hydrogen-bond acceptors (Lipinski definition) is 5. The van der Waals surface area contributed by atoms with Crippen LogP contribution in [0, 0.1) is 17.0 Å². The smallest absolute Gasteiger partial charge is 0.294 e. The van der Waals surface area contributed by atoms with Gasteiger partial charge in [0.2, 0.25) is 5.43 Å². The Labute approximate surface area is 154 Å². The first-order valence-electron chi connectivity index (χ1n) is 8.08. The van der Waals surface area contributed by atoms with Crippen molar-refractivity contribution in [3.05, 3.63) is 92.4 Å². The van der Waals surface area contributed by atoms with E-state index in [-0.39, 0.29) is 17.1 Å². The molecular weight excluding hydrogens is 348 g/mol. The van der Waals surface area contributed by atoms with Gasteiger partial charge in [0.15, 0.2) is 5.69 Å². The maximum atomic E-state index is 12.8. The number of amides is 1. The summed E-state index contributed by atoms with van der Waals surface area (Å²) in [5.41, 5.74) is 0.123. The minimum atomic E-state index is -0.599. The summed E-state index contributed by atoms with van der Waals surface area (Å²) < 4.78 is 1.24. The molecule has 0 radical (unpaired) electrons. The van der Waals surface area contributed by atoms with Crippen molar-refractivity contribution in [1.29, 1.82) is 0 Å². The molecule has 0 N–H and O–H groups in total. The Morgan fingerprint density at radius 3 is 2.41 bits per heavy atom. The molecule has 1 amide bonds. The number of anilines is 1. The fourth-order valence-corrected chi connectivity index (χ4v) is 2.66. The molecule has 0 atom stereocenters. The largest absolute Gasteiger partial charge is 0.310 e. The van der Waals surface area contributed by atoms with Gasteiger partial charge < -0.3 is 4.90 Å². The zero-order chi connectivity index (χ0) is 19.6. The number of nitrogens with zero attached hydrogens (tertiary/aromatic N) is 4. The second kappa shape index (κ2) is 7.20. The summed E-state index contributed by atoms with van der Waals surface area (Å²) in [4.78, 5) is 37.2. The quantitative estimate of drug-likeness (QED) is 0.524. The standard InChI is InChI=1S/C19H16N4O4/c1-13-12-17(24)18(19(25)21(2)14-8-4-3-5-9-14)20-22(13)15-10-6-7-11-16(15)23(26)27/h3-12H,1-2H3. The van der Waals surface area contributed by atoms with Gasteiger partial charge in [-0.25, -0.2) is 4.68 Å². The molecule has 0 saturated carbocycles. The van der Waals surface area contributed by atoms with Gasteiger partial charge in [-0.05, 0) is 25.1 Å². The highest BCUT2D eigenvalue weighted by Gasteiger charge is 2.22. The number of carbonyl (C=O) groups excluding carboxylic acids is 1. The molecule has 0 fully saturated rings. The number of nitro benzene ring substituents is 1. The average Bonchev–Trinajstić information content (AvgIpc) is 2.67. The Morgan fingerprint density at radius 1 is 1.11 bits per heavy atom. The summed E-state index contributed by atoms with van der Waals surface area (Å²) in [5.74, 6) is -0.599. The molecule has 0 saturated heterocycles. The first-order valence-corrected chi connectivity index (χ1v) is 8.08. The van der Waals surface area contributed by atoms with Gasteiger partial charge in [-0.1, -0.05) is 30.3 Å². The number of carbonyl (C=O) groups is 1. The topological polar surface area (TPSA) is 98.3 Å². The van der Waals surface area contributed by atoms with Crippen LogP contribution < -0.4 is 10.3 Å². The summed E-state index contributed by atoms with van der Waals surface area (Å²) >= 11 is 0. The summed E-state index contributed by atoms with van der Waals surface area (Å²) in [6.45, 7) is 1.60. The van der Waals surface area contributed by atoms with Crippen molar-refractivity contribution < 1.29 is 9.72 Å². The van der Waals surface area contributed by atoms with Gasteiger partial charge in [0.05, 0.1) is 4.92 Å². The van der Waals surface area contributed by atoms with E-state index in [0.29, 0.717) is 11.4 Å². The zero-order valence-electron chi connectivity index (χ0n) is 14.7. The van der Waals surface area contributed by atoms with Gasteiger partial charge in [-0.2, -0.15) is 5.10 Å². The second-order valence-electron chi connectivity index (χ2n) is 5.86. The lowest BCUT2D eigenvalue weighted by atomic mass is 10.2. The minimum absolute atomic E-state index is 0.174. The number of benzene rings is 2. The molecule has 136 valence electrons. The van der Waals surface area contributed by atoms with Gasteiger partial charge in [0.1, 0.15) is 5.69 Å². The van der Waals surface area contributed by atoms with Crippen molar-refractivity contribution in [3.63, 3.8) is 0 Å². The maximum absolute atomic E-state index is 12.8. The number of rotatable bonds is 4. The van der Waals surface area contributed by atoms with Crippen LogP contribution in [0.15, 0.2) is 65.5 Å². The Hall–Kier alpha value is -3.81. The third kappa shape index (κ3) is 3.45. The van der Waals surface area contributed by atoms with Crippen molar-refractivity contribution in [1.82, 2.24) is 9.78 Å². The van der Waals surface area contributed by atoms with Crippen LogP contribution in [0.1, 0.15) is 16.2 Å². The average molecular weight is 364 g/mol. The van der Waals surface area contributed by atoms with E-state index in [0.717, 1.165) is 0 Å². The zero-order valence-corrected chi connectivity index (χ0v) is 14.7. The van der Waals surface area contributed by atoms with E-state index in [1.165, 1.54) is 40.9 Å². The lowest BCUT2D eigenvalue weighted by molar-refractivity contribution is -0.384. The third-order valence-electron chi connectivity index (χ3n) is 4.06. The number of para-hydroxylation sites is 3. The summed E-state index contributed by atoms with van der Waals surface area (Å²) in [6, 6.07) is 16.1. The molecule has 8 heteroatoms. The fourth-order valence-electron chi connectivity index (χ4n) is 2.66. The summed E-state index contributed by atoms with van der Waals surface area (Å²) in [7, 11) is 1.54. The van der Waals surface area contributed by atoms with Crippen LogP contribution >= 0.6 is 0 Å². The van der Waals surface area contributed by atoms with E-state index in [1.54, 1.807) is 37.3 Å². The molecule has 1 aromatic heterocycles. The van der Waals surface area contributed by atoms with Crippen molar-refractivity contribution in [2.24, 2.45) is 0 Å². The van der Waals surface area contributed by atoms with E-state index < -0.39 is 16.3 Å². The Kier molecular flexibility index (Phi) is 4.80. The molecule has 2 aromatic carbocycles. The molecule has 0 spiro atoms. The molecule has 3 aromatic rings. The fraction of sp³-hybridized carbons (Fsp3) is 0.105. The molecule has 3 rings (SSSR count). The van der Waals surface area contributed by atoms with Crippen molar-refractivity contribution in [3.8, 4) is 5.69 Å². The minimum Gasteiger partial charge on any atom is -0.310 e. The molecule has 0 unspecified atom stereocenters. The van der Waals surface area contributed by atoms with Gasteiger partial charge in [0, 0.05) is 30.6 Å². The molecule has 27 heavy (non-hydrogen) atoms. The van der Waals surface area contributed by atoms with Gasteiger partial charge >= 0.3 is 0 Å². The highest BCUT2D eigenvalue weighted by molar-refractivity contribution is 6.04. The first kappa shape index (κ1) is 18.0. The van der Waals surface area contributed by atoms with Gasteiger partial charge in [0.25, 0.3) is 11.6 Å². The molecule has 0 aliphatic rings. The molecule has 1 heterocycles. The monoisotopic (exact) mass is 364 g/mol. The highest BCUT2D eigenvalue weighted by Crippen LogP contribution is 2.22. The Balaban J connectivity index is 2.12. The Morgan fingerprint density at radius 2 is 1.74 bits per heavy atom. The van der Waals surface area contributed by atoms with E-state index in [1.807, 2.05) is 6.07 Å². The predicted octanol–water partition coefficient (Wildman–Crippen LogP) is 2.73. The van der Waals surface area contributed by atoms with E-state index in [4.69, 9.17) is 0 Å². The maximum Gasteiger partial charge on any atom is 0.294 e. The van der Waals surface area contributed by atoms with Crippen LogP contribution in [0.3, 0.4) is 0 Å². The molecular formula is C19H16N4O4. The number of aryl methyl sites for hydroxylation is 1. The Bertz CT molecular complexity index is 1080. The molecule has 0 aliphatic carbocycles. The summed E-state index contributed by atoms with van der Waals surface area (Å²) in [5, 5.41) is 15.5. The molecule has 8 nitrogen and oxygen atoms in total. The van der Waals surface area contributed by atoms with Crippen LogP contribution in [0.25, 0.3) is 5.69 Å². The van der Waals surface area contributed by atoms with E-state index in [9.17, 15) is 19.7 Å². The van der Waals surface area contributed by atoms with Crippen molar-refractivity contribution in [2.75, 3.05) is 11.9 Å². The van der Waals surface area contributed by atoms with Crippen molar-refractivity contribution >= 4 is 17.3 Å². The van der Waals surface area contributed by atoms with Crippen LogP contribution in [-0.4, -0.2) is 27.7 Å². The molecule has 0 bridgehead atoms. The van der Waals surface area contributed by atoms with E-state index in [2.05, 4.69) is 5.10 Å². The van der Waals surface area contributed by atoms with Gasteiger partial charge in [-0.15, -0.1) is 0 Å². The molecule has 0 aliphatic heterocycles. The van der Waals surface area contributed by atoms with Gasteiger partial charge in [-0.3, -0.25) is 19.7 Å². The predicted molar refractivity (Wildman–Crippen MR) is 100 cm³/mol. The van der Waals surface area contributed by atoms with E-state index >= 15 is 0 Å². The lowest BCUT2D eigenvalue weighted by Gasteiger charge is -2.17. The first-order chi connectivity index (χ1) is 12.9. The highest BCUT2D eigenvalue weighted by atomic mass is 16.6. The number of nitro groups is 1. The lowest BCUT2D eigenvalue weighted by Crippen LogP contribution is -2.33. The van der Waals surface area contributed by atoms with Crippen LogP contribution in [0.5, 0.6) is 0 Å². The number of aromatic nitrogens is 2. The van der Waals surface area contributed by atoms with Crippen molar-refractivity contribution in [2.45, 2.75) is 6.92 Å². The van der Waals surface area contributed by atoms with Crippen LogP contribution in [-0.2, 0) is 0 Å². The SMILES string of the molecule is Cc1cc(=O)c(C(=O)N(C)c2ccccc2)nn1-c1ccccc1[N+](=O)[O-]. The summed E-state index contributed by atoms with van der Waals surface area (Å²) in [6.07, 6.45) is 0.